The van der Waals surface area contributed by atoms with Crippen molar-refractivity contribution in [2.45, 2.75) is 19.5 Å². The molecule has 6 nitrogen and oxygen atoms in total. The molecule has 27 heavy (non-hydrogen) atoms. The first-order valence-corrected chi connectivity index (χ1v) is 8.70. The van der Waals surface area contributed by atoms with Gasteiger partial charge >= 0.3 is 0 Å². The first kappa shape index (κ1) is 18.5. The lowest BCUT2D eigenvalue weighted by molar-refractivity contribution is 0.0939. The average molecular weight is 365 g/mol. The van der Waals surface area contributed by atoms with Crippen molar-refractivity contribution in [2.24, 2.45) is 0 Å². The number of amides is 1. The van der Waals surface area contributed by atoms with Crippen molar-refractivity contribution in [3.05, 3.63) is 77.6 Å². The Morgan fingerprint density at radius 2 is 1.93 bits per heavy atom. The molecule has 0 bridgehead atoms. The molecule has 140 valence electrons. The Hall–Kier alpha value is -3.28. The van der Waals surface area contributed by atoms with Crippen molar-refractivity contribution in [3.63, 3.8) is 0 Å². The van der Waals surface area contributed by atoms with Crippen LogP contribution < -0.4 is 14.8 Å². The summed E-state index contributed by atoms with van der Waals surface area (Å²) in [7, 11) is 3.22. The lowest BCUT2D eigenvalue weighted by Gasteiger charge is -2.18. The number of hydrogen-bond acceptors (Lipinski definition) is 4. The molecule has 0 aliphatic carbocycles. The topological polar surface area (TPSA) is 65.4 Å². The number of benzene rings is 2. The van der Waals surface area contributed by atoms with E-state index in [1.54, 1.807) is 20.4 Å². The number of carbonyl (C=O) groups is 1. The number of aromatic nitrogens is 2. The van der Waals surface area contributed by atoms with Gasteiger partial charge in [-0.1, -0.05) is 12.1 Å². The molecule has 0 fully saturated rings. The zero-order chi connectivity index (χ0) is 19.2. The number of methoxy groups -OCH3 is 2. The Bertz CT molecular complexity index is 890. The van der Waals surface area contributed by atoms with Gasteiger partial charge in [-0.3, -0.25) is 9.48 Å². The quantitative estimate of drug-likeness (QED) is 0.697. The van der Waals surface area contributed by atoms with Crippen molar-refractivity contribution in [2.75, 3.05) is 14.2 Å². The van der Waals surface area contributed by atoms with Crippen molar-refractivity contribution in [1.29, 1.82) is 0 Å². The summed E-state index contributed by atoms with van der Waals surface area (Å²) in [5.41, 5.74) is 2.55. The number of nitrogens with one attached hydrogen (secondary N) is 1. The Balaban J connectivity index is 1.69. The molecule has 0 radical (unpaired) electrons. The lowest BCUT2D eigenvalue weighted by atomic mass is 10.1. The first-order valence-electron chi connectivity index (χ1n) is 8.70. The first-order chi connectivity index (χ1) is 13.1. The summed E-state index contributed by atoms with van der Waals surface area (Å²) >= 11 is 0. The molecule has 1 amide bonds. The van der Waals surface area contributed by atoms with E-state index in [0.29, 0.717) is 17.9 Å². The highest BCUT2D eigenvalue weighted by molar-refractivity contribution is 5.94. The molecule has 0 aliphatic heterocycles. The summed E-state index contributed by atoms with van der Waals surface area (Å²) < 4.78 is 12.5. The summed E-state index contributed by atoms with van der Waals surface area (Å²) in [6.07, 6.45) is 3.65. The fourth-order valence-corrected chi connectivity index (χ4v) is 2.88. The van der Waals surface area contributed by atoms with Crippen LogP contribution in [0.25, 0.3) is 0 Å². The van der Waals surface area contributed by atoms with Crippen LogP contribution in [0, 0.1) is 0 Å². The number of rotatable bonds is 7. The molecule has 1 aromatic heterocycles. The lowest BCUT2D eigenvalue weighted by Crippen LogP contribution is -2.27. The van der Waals surface area contributed by atoms with E-state index in [9.17, 15) is 4.79 Å². The predicted octanol–water partition coefficient (Wildman–Crippen LogP) is 3.44. The standard InChI is InChI=1S/C21H23N3O3/c1-15(19-13-18(26-2)9-10-20(19)27-3)23-21(25)17-7-5-16(6-8-17)14-24-12-4-11-22-24/h4-13,15H,14H2,1-3H3,(H,23,25). The molecular formula is C21H23N3O3. The molecule has 3 rings (SSSR count). The normalized spacial score (nSPS) is 11.7. The minimum atomic E-state index is -0.230. The highest BCUT2D eigenvalue weighted by Crippen LogP contribution is 2.29. The van der Waals surface area contributed by atoms with Crippen LogP contribution in [-0.2, 0) is 6.54 Å². The third-order valence-corrected chi connectivity index (χ3v) is 4.37. The molecular weight excluding hydrogens is 342 g/mol. The smallest absolute Gasteiger partial charge is 0.251 e. The van der Waals surface area contributed by atoms with E-state index < -0.39 is 0 Å². The maximum Gasteiger partial charge on any atom is 0.251 e. The number of nitrogens with zero attached hydrogens (tertiary/aromatic N) is 2. The van der Waals surface area contributed by atoms with E-state index in [1.165, 1.54) is 0 Å². The number of hydrogen-bond donors (Lipinski definition) is 1. The average Bonchev–Trinajstić information content (AvgIpc) is 3.21. The van der Waals surface area contributed by atoms with Gasteiger partial charge in [-0.15, -0.1) is 0 Å². The molecule has 1 heterocycles. The molecule has 0 saturated heterocycles. The van der Waals surface area contributed by atoms with E-state index in [4.69, 9.17) is 9.47 Å². The van der Waals surface area contributed by atoms with Crippen LogP contribution in [0.2, 0.25) is 0 Å². The van der Waals surface area contributed by atoms with Crippen LogP contribution in [-0.4, -0.2) is 29.9 Å². The van der Waals surface area contributed by atoms with Gasteiger partial charge in [0.15, 0.2) is 0 Å². The van der Waals surface area contributed by atoms with Gasteiger partial charge in [-0.05, 0) is 48.9 Å². The van der Waals surface area contributed by atoms with Gasteiger partial charge in [0, 0.05) is 23.5 Å². The fraction of sp³-hybridized carbons (Fsp3) is 0.238. The van der Waals surface area contributed by atoms with Gasteiger partial charge < -0.3 is 14.8 Å². The Labute approximate surface area is 158 Å². The second kappa shape index (κ2) is 8.40. The van der Waals surface area contributed by atoms with Crippen molar-refractivity contribution in [3.8, 4) is 11.5 Å². The summed E-state index contributed by atoms with van der Waals surface area (Å²) in [5.74, 6) is 1.28. The Morgan fingerprint density at radius 1 is 1.15 bits per heavy atom. The number of carbonyl (C=O) groups excluding carboxylic acids is 1. The summed E-state index contributed by atoms with van der Waals surface area (Å²) in [6, 6.07) is 14.7. The molecule has 0 aliphatic rings. The molecule has 6 heteroatoms. The summed E-state index contributed by atoms with van der Waals surface area (Å²) in [6.45, 7) is 2.59. The van der Waals surface area contributed by atoms with E-state index in [0.717, 1.165) is 16.9 Å². The minimum Gasteiger partial charge on any atom is -0.497 e. The van der Waals surface area contributed by atoms with Crippen molar-refractivity contribution >= 4 is 5.91 Å². The van der Waals surface area contributed by atoms with E-state index in [-0.39, 0.29) is 11.9 Å². The highest BCUT2D eigenvalue weighted by Gasteiger charge is 2.16. The Kier molecular flexibility index (Phi) is 5.76. The molecule has 1 unspecified atom stereocenters. The van der Waals surface area contributed by atoms with Gasteiger partial charge in [0.2, 0.25) is 0 Å². The second-order valence-electron chi connectivity index (χ2n) is 6.20. The predicted molar refractivity (Wildman–Crippen MR) is 103 cm³/mol. The van der Waals surface area contributed by atoms with Gasteiger partial charge in [0.1, 0.15) is 11.5 Å². The van der Waals surface area contributed by atoms with Crippen LogP contribution in [0.1, 0.15) is 34.5 Å². The zero-order valence-corrected chi connectivity index (χ0v) is 15.7. The Morgan fingerprint density at radius 3 is 2.56 bits per heavy atom. The molecule has 3 aromatic rings. The van der Waals surface area contributed by atoms with Crippen LogP contribution in [0.15, 0.2) is 60.9 Å². The van der Waals surface area contributed by atoms with E-state index in [2.05, 4.69) is 10.4 Å². The number of ether oxygens (including phenoxy) is 2. The van der Waals surface area contributed by atoms with E-state index in [1.807, 2.05) is 66.3 Å². The second-order valence-corrected chi connectivity index (χ2v) is 6.20. The maximum atomic E-state index is 12.6. The molecule has 1 atom stereocenters. The van der Waals surface area contributed by atoms with Gasteiger partial charge in [0.25, 0.3) is 5.91 Å². The highest BCUT2D eigenvalue weighted by atomic mass is 16.5. The van der Waals surface area contributed by atoms with Crippen molar-refractivity contribution in [1.82, 2.24) is 15.1 Å². The van der Waals surface area contributed by atoms with Crippen LogP contribution in [0.4, 0.5) is 0 Å². The minimum absolute atomic E-state index is 0.141. The van der Waals surface area contributed by atoms with Crippen LogP contribution >= 0.6 is 0 Å². The van der Waals surface area contributed by atoms with E-state index >= 15 is 0 Å². The van der Waals surface area contributed by atoms with Gasteiger partial charge in [0.05, 0.1) is 26.8 Å². The molecule has 0 saturated carbocycles. The molecule has 1 N–H and O–H groups in total. The van der Waals surface area contributed by atoms with Crippen molar-refractivity contribution < 1.29 is 14.3 Å². The third-order valence-electron chi connectivity index (χ3n) is 4.37. The zero-order valence-electron chi connectivity index (χ0n) is 15.7. The maximum absolute atomic E-state index is 12.6. The fourth-order valence-electron chi connectivity index (χ4n) is 2.88. The van der Waals surface area contributed by atoms with Gasteiger partial charge in [-0.25, -0.2) is 0 Å². The van der Waals surface area contributed by atoms with Crippen LogP contribution in [0.3, 0.4) is 0 Å². The largest absolute Gasteiger partial charge is 0.497 e. The SMILES string of the molecule is COc1ccc(OC)c(C(C)NC(=O)c2ccc(Cn3cccn3)cc2)c1. The summed E-state index contributed by atoms with van der Waals surface area (Å²) in [4.78, 5) is 12.6. The third kappa shape index (κ3) is 4.47. The molecule has 0 spiro atoms. The van der Waals surface area contributed by atoms with Gasteiger partial charge in [-0.2, -0.15) is 5.10 Å². The summed E-state index contributed by atoms with van der Waals surface area (Å²) in [5, 5.41) is 7.20. The molecule has 2 aromatic carbocycles. The van der Waals surface area contributed by atoms with Crippen LogP contribution in [0.5, 0.6) is 11.5 Å². The monoisotopic (exact) mass is 365 g/mol.